The highest BCUT2D eigenvalue weighted by atomic mass is 19.1. The van der Waals surface area contributed by atoms with Crippen LogP contribution in [0.1, 0.15) is 39.1 Å². The summed E-state index contributed by atoms with van der Waals surface area (Å²) in [5, 5.41) is 9.69. The van der Waals surface area contributed by atoms with Gasteiger partial charge in [-0.2, -0.15) is 5.26 Å². The van der Waals surface area contributed by atoms with Crippen molar-refractivity contribution in [3.8, 4) is 17.6 Å². The molecule has 0 radical (unpaired) electrons. The fraction of sp³-hybridized carbons (Fsp3) is 0.214. The number of hydrogen-bond donors (Lipinski definition) is 0. The largest absolute Gasteiger partial charge is 0.494 e. The fourth-order valence-electron chi connectivity index (χ4n) is 4.54. The Kier molecular flexibility index (Phi) is 5.07. The zero-order chi connectivity index (χ0) is 27.0. The summed E-state index contributed by atoms with van der Waals surface area (Å²) in [6.45, 7) is 2.57. The van der Waals surface area contributed by atoms with Crippen LogP contribution in [0.4, 0.5) is 4.39 Å². The average Bonchev–Trinajstić information content (AvgIpc) is 3.13. The number of benzene rings is 3. The SMILES string of the molecule is [2H]C([2H])([2H])Oc1cccc2c1nc(COC)n2Cc1ccc2c(c1)COc1cc(F)ccc1/C2=C(\C)C#N. The Balaban J connectivity index is 1.58. The van der Waals surface area contributed by atoms with E-state index < -0.39 is 12.9 Å². The van der Waals surface area contributed by atoms with Crippen molar-refractivity contribution in [1.29, 1.82) is 5.26 Å². The van der Waals surface area contributed by atoms with E-state index in [1.165, 1.54) is 12.1 Å². The number of fused-ring (bicyclic) bond motifs is 3. The molecular weight excluding hydrogens is 445 g/mol. The lowest BCUT2D eigenvalue weighted by atomic mass is 9.90. The number of rotatable bonds is 5. The predicted octanol–water partition coefficient (Wildman–Crippen LogP) is 5.62. The molecule has 0 amide bonds. The summed E-state index contributed by atoms with van der Waals surface area (Å²) in [5.74, 6) is 0.751. The standard InChI is InChI=1S/C28H24FN3O3/c1-17(13-30)27-21-9-7-18(11-19(21)15-35-25-12-20(29)8-10-22(25)27)14-32-23-5-4-6-24(34-3)28(23)31-26(32)16-33-2/h4-12H,14-16H2,1-3H3/b27-17+/i3D3. The lowest BCUT2D eigenvalue weighted by Gasteiger charge is -2.14. The van der Waals surface area contributed by atoms with E-state index in [4.69, 9.17) is 18.3 Å². The minimum absolute atomic E-state index is 0.167. The lowest BCUT2D eigenvalue weighted by molar-refractivity contribution is 0.175. The number of allylic oxidation sites excluding steroid dienone is 1. The third-order valence-electron chi connectivity index (χ3n) is 6.12. The molecule has 4 aromatic rings. The summed E-state index contributed by atoms with van der Waals surface area (Å²) in [4.78, 5) is 4.63. The van der Waals surface area contributed by atoms with Crippen molar-refractivity contribution in [1.82, 2.24) is 9.55 Å². The molecule has 176 valence electrons. The van der Waals surface area contributed by atoms with E-state index in [0.29, 0.717) is 45.9 Å². The van der Waals surface area contributed by atoms with Gasteiger partial charge in [-0.25, -0.2) is 9.37 Å². The lowest BCUT2D eigenvalue weighted by Crippen LogP contribution is -2.07. The molecule has 7 heteroatoms. The molecule has 0 N–H and O–H groups in total. The predicted molar refractivity (Wildman–Crippen MR) is 131 cm³/mol. The van der Waals surface area contributed by atoms with E-state index in [9.17, 15) is 9.65 Å². The van der Waals surface area contributed by atoms with Gasteiger partial charge in [-0.1, -0.05) is 18.2 Å². The molecular formula is C28H24FN3O3. The third-order valence-corrected chi connectivity index (χ3v) is 6.12. The molecule has 2 heterocycles. The molecule has 6 nitrogen and oxygen atoms in total. The minimum atomic E-state index is -2.61. The second-order valence-electron chi connectivity index (χ2n) is 8.31. The van der Waals surface area contributed by atoms with Crippen LogP contribution in [0.2, 0.25) is 0 Å². The van der Waals surface area contributed by atoms with Gasteiger partial charge in [0.05, 0.1) is 22.7 Å². The summed E-state index contributed by atoms with van der Waals surface area (Å²) in [6, 6.07) is 17.6. The van der Waals surface area contributed by atoms with Gasteiger partial charge in [0.25, 0.3) is 0 Å². The van der Waals surface area contributed by atoms with Crippen molar-refractivity contribution < 1.29 is 22.7 Å². The van der Waals surface area contributed by atoms with Gasteiger partial charge in [0.1, 0.15) is 41.9 Å². The maximum atomic E-state index is 14.0. The summed E-state index contributed by atoms with van der Waals surface area (Å²) in [7, 11) is -1.04. The van der Waals surface area contributed by atoms with Gasteiger partial charge in [-0.05, 0) is 53.9 Å². The van der Waals surface area contributed by atoms with Crippen molar-refractivity contribution >= 4 is 16.6 Å². The third kappa shape index (κ3) is 4.02. The number of ether oxygens (including phenoxy) is 3. The summed E-state index contributed by atoms with van der Waals surface area (Å²) in [6.07, 6.45) is 0. The van der Waals surface area contributed by atoms with Crippen LogP contribution in [0.15, 0.2) is 60.2 Å². The van der Waals surface area contributed by atoms with Crippen LogP contribution < -0.4 is 9.47 Å². The zero-order valence-corrected chi connectivity index (χ0v) is 19.3. The summed E-state index contributed by atoms with van der Waals surface area (Å²) < 4.78 is 54.9. The van der Waals surface area contributed by atoms with E-state index in [1.54, 1.807) is 32.2 Å². The highest BCUT2D eigenvalue weighted by Gasteiger charge is 2.23. The van der Waals surface area contributed by atoms with Crippen LogP contribution in [0.25, 0.3) is 16.6 Å². The zero-order valence-electron chi connectivity index (χ0n) is 22.3. The average molecular weight is 473 g/mol. The van der Waals surface area contributed by atoms with Gasteiger partial charge < -0.3 is 18.8 Å². The molecule has 0 spiro atoms. The number of para-hydroxylation sites is 1. The molecule has 1 aliphatic heterocycles. The molecule has 0 aliphatic carbocycles. The van der Waals surface area contributed by atoms with Crippen LogP contribution in [-0.4, -0.2) is 23.7 Å². The van der Waals surface area contributed by atoms with Gasteiger partial charge in [-0.15, -0.1) is 0 Å². The van der Waals surface area contributed by atoms with E-state index in [-0.39, 0.29) is 19.0 Å². The van der Waals surface area contributed by atoms with Crippen LogP contribution in [0.3, 0.4) is 0 Å². The van der Waals surface area contributed by atoms with Gasteiger partial charge in [0.2, 0.25) is 0 Å². The van der Waals surface area contributed by atoms with Crippen LogP contribution in [0, 0.1) is 17.1 Å². The molecule has 0 unspecified atom stereocenters. The van der Waals surface area contributed by atoms with Crippen LogP contribution >= 0.6 is 0 Å². The molecule has 0 saturated carbocycles. The number of aromatic nitrogens is 2. The van der Waals surface area contributed by atoms with Crippen molar-refractivity contribution in [2.24, 2.45) is 0 Å². The van der Waals surface area contributed by atoms with E-state index in [0.717, 1.165) is 16.7 Å². The maximum absolute atomic E-state index is 14.0. The Bertz CT molecular complexity index is 1620. The van der Waals surface area contributed by atoms with Gasteiger partial charge in [0, 0.05) is 36.4 Å². The Morgan fingerprint density at radius 2 is 2.09 bits per heavy atom. The Hall–Kier alpha value is -4.15. The maximum Gasteiger partial charge on any atom is 0.146 e. The Morgan fingerprint density at radius 3 is 2.89 bits per heavy atom. The molecule has 35 heavy (non-hydrogen) atoms. The monoisotopic (exact) mass is 472 g/mol. The fourth-order valence-corrected chi connectivity index (χ4v) is 4.54. The van der Waals surface area contributed by atoms with Crippen molar-refractivity contribution in [2.75, 3.05) is 14.1 Å². The highest BCUT2D eigenvalue weighted by molar-refractivity contribution is 5.88. The molecule has 5 rings (SSSR count). The topological polar surface area (TPSA) is 69.3 Å². The van der Waals surface area contributed by atoms with Gasteiger partial charge in [0.15, 0.2) is 0 Å². The molecule has 1 aliphatic rings. The second kappa shape index (κ2) is 9.24. The van der Waals surface area contributed by atoms with Crippen molar-refractivity contribution in [2.45, 2.75) is 26.7 Å². The minimum Gasteiger partial charge on any atom is -0.494 e. The highest BCUT2D eigenvalue weighted by Crippen LogP contribution is 2.39. The van der Waals surface area contributed by atoms with Crippen molar-refractivity contribution in [3.05, 3.63) is 94.1 Å². The molecule has 0 fully saturated rings. The number of halogens is 1. The van der Waals surface area contributed by atoms with Crippen molar-refractivity contribution in [3.63, 3.8) is 0 Å². The van der Waals surface area contributed by atoms with E-state index in [2.05, 4.69) is 11.1 Å². The number of nitriles is 1. The quantitative estimate of drug-likeness (QED) is 0.353. The Morgan fingerprint density at radius 1 is 1.23 bits per heavy atom. The van der Waals surface area contributed by atoms with Crippen LogP contribution in [-0.2, 0) is 24.5 Å². The first-order valence-corrected chi connectivity index (χ1v) is 11.0. The molecule has 0 bridgehead atoms. The second-order valence-corrected chi connectivity index (χ2v) is 8.31. The number of nitrogens with zero attached hydrogens (tertiary/aromatic N) is 3. The molecule has 3 aromatic carbocycles. The smallest absolute Gasteiger partial charge is 0.146 e. The Labute approximate surface area is 207 Å². The summed E-state index contributed by atoms with van der Waals surface area (Å²) in [5.41, 5.74) is 5.64. The van der Waals surface area contributed by atoms with Crippen LogP contribution in [0.5, 0.6) is 11.5 Å². The summed E-state index contributed by atoms with van der Waals surface area (Å²) >= 11 is 0. The first-order valence-electron chi connectivity index (χ1n) is 12.5. The van der Waals surface area contributed by atoms with Gasteiger partial charge >= 0.3 is 0 Å². The number of methoxy groups -OCH3 is 2. The molecule has 0 saturated heterocycles. The van der Waals surface area contributed by atoms with Gasteiger partial charge in [-0.3, -0.25) is 0 Å². The molecule has 0 atom stereocenters. The number of hydrogen-bond acceptors (Lipinski definition) is 5. The normalized spacial score (nSPS) is 15.5. The first-order chi connectivity index (χ1) is 18.2. The van der Waals surface area contributed by atoms with E-state index in [1.807, 2.05) is 28.8 Å². The number of imidazole rings is 1. The van der Waals surface area contributed by atoms with E-state index >= 15 is 0 Å². The molecule has 1 aromatic heterocycles. The first kappa shape index (κ1) is 19.2.